The van der Waals surface area contributed by atoms with Crippen molar-refractivity contribution in [3.8, 4) is 11.5 Å². The van der Waals surface area contributed by atoms with Crippen LogP contribution < -0.4 is 9.47 Å². The van der Waals surface area contributed by atoms with Gasteiger partial charge in [-0.15, -0.1) is 0 Å². The minimum absolute atomic E-state index is 0.0850. The van der Waals surface area contributed by atoms with Gasteiger partial charge in [-0.2, -0.15) is 8.78 Å². The Bertz CT molecular complexity index is 554. The molecular formula is C17H23F2NO5. The van der Waals surface area contributed by atoms with E-state index in [4.69, 9.17) is 9.57 Å². The van der Waals surface area contributed by atoms with E-state index in [-0.39, 0.29) is 17.4 Å². The van der Waals surface area contributed by atoms with Crippen molar-refractivity contribution in [2.45, 2.75) is 38.7 Å². The number of aldehydes is 1. The zero-order valence-corrected chi connectivity index (χ0v) is 14.4. The Morgan fingerprint density at radius 3 is 2.56 bits per heavy atom. The number of ether oxygens (including phenoxy) is 2. The van der Waals surface area contributed by atoms with Gasteiger partial charge in [-0.25, -0.2) is 5.06 Å². The van der Waals surface area contributed by atoms with Crippen molar-refractivity contribution in [1.29, 1.82) is 0 Å². The van der Waals surface area contributed by atoms with Crippen molar-refractivity contribution in [2.75, 3.05) is 20.8 Å². The number of carbonyl (C=O) groups is 2. The van der Waals surface area contributed by atoms with Gasteiger partial charge in [0.1, 0.15) is 6.29 Å². The maximum atomic E-state index is 12.4. The highest BCUT2D eigenvalue weighted by Crippen LogP contribution is 2.29. The van der Waals surface area contributed by atoms with Crippen LogP contribution in [-0.2, 0) is 9.63 Å². The molecule has 0 atom stereocenters. The number of hydrogen-bond donors (Lipinski definition) is 0. The van der Waals surface area contributed by atoms with Crippen molar-refractivity contribution >= 4 is 12.2 Å². The third kappa shape index (κ3) is 7.93. The molecule has 1 rings (SSSR count). The predicted octanol–water partition coefficient (Wildman–Crippen LogP) is 3.45. The van der Waals surface area contributed by atoms with Crippen LogP contribution in [0, 0.1) is 0 Å². The van der Waals surface area contributed by atoms with Crippen molar-refractivity contribution in [1.82, 2.24) is 5.06 Å². The predicted molar refractivity (Wildman–Crippen MR) is 86.8 cm³/mol. The molecule has 0 heterocycles. The minimum Gasteiger partial charge on any atom is -0.490 e. The summed E-state index contributed by atoms with van der Waals surface area (Å²) in [5.41, 5.74) is 0.317. The molecule has 0 aliphatic heterocycles. The molecule has 0 saturated heterocycles. The van der Waals surface area contributed by atoms with Crippen molar-refractivity contribution in [3.63, 3.8) is 0 Å². The lowest BCUT2D eigenvalue weighted by atomic mass is 10.1. The molecule has 25 heavy (non-hydrogen) atoms. The van der Waals surface area contributed by atoms with Gasteiger partial charge >= 0.3 is 6.61 Å². The number of alkyl halides is 2. The number of benzene rings is 1. The molecule has 140 valence electrons. The number of hydrogen-bond acceptors (Lipinski definition) is 5. The molecule has 0 aliphatic carbocycles. The van der Waals surface area contributed by atoms with E-state index >= 15 is 0 Å². The second-order valence-electron chi connectivity index (χ2n) is 5.29. The minimum atomic E-state index is -2.97. The van der Waals surface area contributed by atoms with Gasteiger partial charge < -0.3 is 9.47 Å². The van der Waals surface area contributed by atoms with Crippen LogP contribution in [0.4, 0.5) is 8.78 Å². The number of hydroxylamine groups is 2. The van der Waals surface area contributed by atoms with Gasteiger partial charge in [0.25, 0.3) is 0 Å². The number of rotatable bonds is 12. The summed E-state index contributed by atoms with van der Waals surface area (Å²) in [5.74, 6) is -0.0752. The Hall–Kier alpha value is -2.22. The monoisotopic (exact) mass is 359 g/mol. The highest BCUT2D eigenvalue weighted by molar-refractivity contribution is 5.76. The zero-order valence-electron chi connectivity index (χ0n) is 14.4. The first-order valence-electron chi connectivity index (χ1n) is 7.95. The highest BCUT2D eigenvalue weighted by atomic mass is 19.3. The number of halogens is 2. The normalized spacial score (nSPS) is 10.6. The molecule has 0 saturated carbocycles. The Labute approximate surface area is 145 Å². The van der Waals surface area contributed by atoms with E-state index < -0.39 is 6.61 Å². The summed E-state index contributed by atoms with van der Waals surface area (Å²) in [6.07, 6.45) is 4.08. The van der Waals surface area contributed by atoms with Crippen LogP contribution >= 0.6 is 0 Å². The van der Waals surface area contributed by atoms with Crippen LogP contribution in [-0.4, -0.2) is 44.6 Å². The lowest BCUT2D eigenvalue weighted by Gasteiger charge is -2.13. The van der Waals surface area contributed by atoms with E-state index in [1.807, 2.05) is 0 Å². The Balaban J connectivity index is 2.33. The molecule has 6 nitrogen and oxygen atoms in total. The van der Waals surface area contributed by atoms with Crippen LogP contribution in [0.25, 0.3) is 0 Å². The van der Waals surface area contributed by atoms with E-state index in [0.29, 0.717) is 31.3 Å². The van der Waals surface area contributed by atoms with Gasteiger partial charge in [-0.05, 0) is 31.0 Å². The fourth-order valence-corrected chi connectivity index (χ4v) is 2.08. The lowest BCUT2D eigenvalue weighted by Crippen LogP contribution is -2.24. The molecule has 0 fully saturated rings. The zero-order chi connectivity index (χ0) is 18.7. The summed E-state index contributed by atoms with van der Waals surface area (Å²) in [7, 11) is 2.99. The van der Waals surface area contributed by atoms with Crippen LogP contribution in [0.15, 0.2) is 18.2 Å². The Morgan fingerprint density at radius 1 is 1.20 bits per heavy atom. The molecular weight excluding hydrogens is 336 g/mol. The number of nitrogens with zero attached hydrogens (tertiary/aromatic N) is 1. The maximum Gasteiger partial charge on any atom is 0.387 e. The van der Waals surface area contributed by atoms with Crippen LogP contribution in [0.3, 0.4) is 0 Å². The average Bonchev–Trinajstić information content (AvgIpc) is 2.60. The molecule has 0 radical (unpaired) electrons. The molecule has 1 aromatic rings. The average molecular weight is 359 g/mol. The summed E-state index contributed by atoms with van der Waals surface area (Å²) >= 11 is 0. The smallest absolute Gasteiger partial charge is 0.387 e. The fourth-order valence-electron chi connectivity index (χ4n) is 2.08. The van der Waals surface area contributed by atoms with Crippen LogP contribution in [0.1, 0.15) is 42.5 Å². The number of amides is 1. The molecule has 1 amide bonds. The van der Waals surface area contributed by atoms with Gasteiger partial charge in [0, 0.05) is 19.0 Å². The summed E-state index contributed by atoms with van der Waals surface area (Å²) < 4.78 is 34.6. The first kappa shape index (κ1) is 20.8. The van der Waals surface area contributed by atoms with Crippen molar-refractivity contribution in [2.24, 2.45) is 0 Å². The third-order valence-corrected chi connectivity index (χ3v) is 3.49. The lowest BCUT2D eigenvalue weighted by molar-refractivity contribution is -0.168. The summed E-state index contributed by atoms with van der Waals surface area (Å²) in [6, 6.07) is 4.03. The topological polar surface area (TPSA) is 65.1 Å². The quantitative estimate of drug-likeness (QED) is 0.325. The van der Waals surface area contributed by atoms with Gasteiger partial charge in [-0.1, -0.05) is 12.8 Å². The molecule has 8 heteroatoms. The van der Waals surface area contributed by atoms with Crippen LogP contribution in [0.2, 0.25) is 0 Å². The second kappa shape index (κ2) is 11.4. The SMILES string of the molecule is CON(C)C(=O)CCCCCCOc1cc(C=O)ccc1OC(F)F. The number of carbonyl (C=O) groups excluding carboxylic acids is 2. The summed E-state index contributed by atoms with van der Waals surface area (Å²) in [6.45, 7) is -2.67. The van der Waals surface area contributed by atoms with E-state index in [9.17, 15) is 18.4 Å². The van der Waals surface area contributed by atoms with Crippen LogP contribution in [0.5, 0.6) is 11.5 Å². The van der Waals surface area contributed by atoms with E-state index in [0.717, 1.165) is 19.3 Å². The molecule has 0 aliphatic rings. The first-order valence-corrected chi connectivity index (χ1v) is 7.95. The third-order valence-electron chi connectivity index (χ3n) is 3.49. The number of unbranched alkanes of at least 4 members (excludes halogenated alkanes) is 3. The van der Waals surface area contributed by atoms with Gasteiger partial charge in [0.15, 0.2) is 11.5 Å². The molecule has 0 bridgehead atoms. The summed E-state index contributed by atoms with van der Waals surface area (Å²) in [5, 5.41) is 1.19. The van der Waals surface area contributed by atoms with E-state index in [2.05, 4.69) is 4.74 Å². The second-order valence-corrected chi connectivity index (χ2v) is 5.29. The van der Waals surface area contributed by atoms with E-state index in [1.54, 1.807) is 7.05 Å². The molecule has 0 aromatic heterocycles. The molecule has 0 unspecified atom stereocenters. The Kier molecular flexibility index (Phi) is 9.46. The highest BCUT2D eigenvalue weighted by Gasteiger charge is 2.12. The maximum absolute atomic E-state index is 12.4. The van der Waals surface area contributed by atoms with Gasteiger partial charge in [0.05, 0.1) is 13.7 Å². The molecule has 0 N–H and O–H groups in total. The summed E-state index contributed by atoms with van der Waals surface area (Å²) in [4.78, 5) is 27.1. The van der Waals surface area contributed by atoms with Gasteiger partial charge in [0.2, 0.25) is 5.91 Å². The molecule has 0 spiro atoms. The van der Waals surface area contributed by atoms with Crippen molar-refractivity contribution < 1.29 is 32.7 Å². The van der Waals surface area contributed by atoms with Crippen molar-refractivity contribution in [3.05, 3.63) is 23.8 Å². The standard InChI is InChI=1S/C17H23F2NO5/c1-20(23-2)16(22)7-5-3-4-6-10-24-15-11-13(12-21)8-9-14(15)25-17(18)19/h8-9,11-12,17H,3-7,10H2,1-2H3. The largest absolute Gasteiger partial charge is 0.490 e. The van der Waals surface area contributed by atoms with Gasteiger partial charge in [-0.3, -0.25) is 14.4 Å². The Morgan fingerprint density at radius 2 is 1.92 bits per heavy atom. The molecule has 1 aromatic carbocycles. The fraction of sp³-hybridized carbons (Fsp3) is 0.529. The first-order chi connectivity index (χ1) is 12.0. The van der Waals surface area contributed by atoms with E-state index in [1.165, 1.54) is 30.4 Å².